The van der Waals surface area contributed by atoms with Crippen LogP contribution in [0.5, 0.6) is 17.2 Å². The Labute approximate surface area is 238 Å². The van der Waals surface area contributed by atoms with Crippen molar-refractivity contribution >= 4 is 63.0 Å². The first-order valence-corrected chi connectivity index (χ1v) is 13.2. The summed E-state index contributed by atoms with van der Waals surface area (Å²) in [7, 11) is 0. The van der Waals surface area contributed by atoms with Crippen LogP contribution >= 0.6 is 22.6 Å². The molecule has 0 aliphatic carbocycles. The molecule has 196 valence electrons. The second-order valence-electron chi connectivity index (χ2n) is 8.66. The van der Waals surface area contributed by atoms with Crippen molar-refractivity contribution in [2.45, 2.75) is 13.5 Å². The van der Waals surface area contributed by atoms with Crippen LogP contribution in [-0.2, 0) is 16.2 Å². The third-order valence-electron chi connectivity index (χ3n) is 6.10. The monoisotopic (exact) mass is 634 g/mol. The number of barbiturate groups is 1. The van der Waals surface area contributed by atoms with Crippen molar-refractivity contribution in [2.24, 2.45) is 0 Å². The summed E-state index contributed by atoms with van der Waals surface area (Å²) in [5, 5.41) is 14.0. The smallest absolute Gasteiger partial charge is 0.335 e. The number of hydrogen-bond acceptors (Lipinski definition) is 6. The minimum atomic E-state index is -0.866. The molecule has 5 rings (SSSR count). The zero-order chi connectivity index (χ0) is 27.5. The second-order valence-corrected chi connectivity index (χ2v) is 9.83. The van der Waals surface area contributed by atoms with E-state index in [1.54, 1.807) is 12.1 Å². The number of halogens is 1. The number of carbonyl (C=O) groups is 3. The molecule has 0 spiro atoms. The molecule has 4 aromatic carbocycles. The molecular weight excluding hydrogens is 611 g/mol. The lowest BCUT2D eigenvalue weighted by atomic mass is 10.1. The summed E-state index contributed by atoms with van der Waals surface area (Å²) in [5.74, 6) is -0.585. The molecule has 1 saturated heterocycles. The van der Waals surface area contributed by atoms with E-state index in [0.717, 1.165) is 24.8 Å². The van der Waals surface area contributed by atoms with E-state index in [1.807, 2.05) is 31.2 Å². The van der Waals surface area contributed by atoms with E-state index in [2.05, 4.69) is 46.1 Å². The summed E-state index contributed by atoms with van der Waals surface area (Å²) in [6.07, 6.45) is 1.41. The van der Waals surface area contributed by atoms with E-state index in [0.29, 0.717) is 30.3 Å². The van der Waals surface area contributed by atoms with E-state index >= 15 is 0 Å². The number of hydrogen-bond donors (Lipinski definition) is 2. The Morgan fingerprint density at radius 2 is 1.69 bits per heavy atom. The zero-order valence-electron chi connectivity index (χ0n) is 20.8. The molecule has 2 N–H and O–H groups in total. The first-order valence-electron chi connectivity index (χ1n) is 12.1. The summed E-state index contributed by atoms with van der Waals surface area (Å²) in [4.78, 5) is 39.2. The Kier molecular flexibility index (Phi) is 7.51. The maximum Gasteiger partial charge on any atom is 0.335 e. The number of urea groups is 1. The van der Waals surface area contributed by atoms with Gasteiger partial charge in [-0.25, -0.2) is 9.69 Å². The fourth-order valence-corrected chi connectivity index (χ4v) is 5.08. The molecule has 9 heteroatoms. The maximum absolute atomic E-state index is 13.2. The lowest BCUT2D eigenvalue weighted by molar-refractivity contribution is -0.122. The number of nitrogens with zero attached hydrogens (tertiary/aromatic N) is 1. The topological polar surface area (TPSA) is 105 Å². The summed E-state index contributed by atoms with van der Waals surface area (Å²) < 4.78 is 12.8. The number of phenols is 1. The molecule has 0 aromatic heterocycles. The molecule has 0 atom stereocenters. The zero-order valence-corrected chi connectivity index (χ0v) is 23.0. The molecule has 0 bridgehead atoms. The second kappa shape index (κ2) is 11.2. The van der Waals surface area contributed by atoms with Crippen LogP contribution in [0.15, 0.2) is 84.4 Å². The highest BCUT2D eigenvalue weighted by molar-refractivity contribution is 14.1. The van der Waals surface area contributed by atoms with Crippen molar-refractivity contribution in [3.8, 4) is 17.2 Å². The van der Waals surface area contributed by atoms with E-state index in [1.165, 1.54) is 30.3 Å². The van der Waals surface area contributed by atoms with E-state index < -0.39 is 17.8 Å². The van der Waals surface area contributed by atoms with Crippen molar-refractivity contribution in [3.05, 3.63) is 99.1 Å². The minimum Gasteiger partial charge on any atom is -0.508 e. The summed E-state index contributed by atoms with van der Waals surface area (Å²) in [5.41, 5.74) is 1.56. The van der Waals surface area contributed by atoms with Crippen molar-refractivity contribution in [1.82, 2.24) is 5.32 Å². The van der Waals surface area contributed by atoms with Gasteiger partial charge in [-0.15, -0.1) is 0 Å². The molecule has 1 aliphatic rings. The Morgan fingerprint density at radius 3 is 2.46 bits per heavy atom. The van der Waals surface area contributed by atoms with Crippen molar-refractivity contribution in [3.63, 3.8) is 0 Å². The van der Waals surface area contributed by atoms with Gasteiger partial charge in [0.05, 0.1) is 15.9 Å². The van der Waals surface area contributed by atoms with E-state index in [4.69, 9.17) is 9.47 Å². The molecule has 0 unspecified atom stereocenters. The predicted octanol–water partition coefficient (Wildman–Crippen LogP) is 5.79. The van der Waals surface area contributed by atoms with Gasteiger partial charge in [-0.2, -0.15) is 0 Å². The number of nitrogens with one attached hydrogen (secondary N) is 1. The van der Waals surface area contributed by atoms with Crippen LogP contribution < -0.4 is 19.7 Å². The molecule has 1 aliphatic heterocycles. The number of benzene rings is 4. The summed E-state index contributed by atoms with van der Waals surface area (Å²) in [6, 6.07) is 22.3. The van der Waals surface area contributed by atoms with E-state index in [9.17, 15) is 19.5 Å². The van der Waals surface area contributed by atoms with Gasteiger partial charge in [-0.1, -0.05) is 42.5 Å². The molecule has 1 fully saturated rings. The molecule has 0 radical (unpaired) electrons. The number of aromatic hydroxyl groups is 1. The van der Waals surface area contributed by atoms with Crippen molar-refractivity contribution in [2.75, 3.05) is 11.5 Å². The van der Waals surface area contributed by atoms with Crippen LogP contribution in [0.3, 0.4) is 0 Å². The van der Waals surface area contributed by atoms with Crippen LogP contribution in [0.2, 0.25) is 0 Å². The Morgan fingerprint density at radius 1 is 0.949 bits per heavy atom. The van der Waals surface area contributed by atoms with Gasteiger partial charge in [0.1, 0.15) is 17.9 Å². The number of phenolic OH excluding ortho intramolecular Hbond substituents is 1. The van der Waals surface area contributed by atoms with Crippen LogP contribution in [0.25, 0.3) is 16.8 Å². The number of rotatable bonds is 7. The number of ether oxygens (including phenoxy) is 2. The quantitative estimate of drug-likeness (QED) is 0.152. The summed E-state index contributed by atoms with van der Waals surface area (Å²) >= 11 is 2.13. The SMILES string of the molecule is CCOc1cc(/C=C2\C(=O)NC(=O)N(c3ccc(O)cc3)C2=O)cc(I)c1OCc1cccc2ccccc12. The maximum atomic E-state index is 13.2. The van der Waals surface area contributed by atoms with Crippen molar-refractivity contribution in [1.29, 1.82) is 0 Å². The summed E-state index contributed by atoms with van der Waals surface area (Å²) in [6.45, 7) is 2.55. The molecule has 0 saturated carbocycles. The van der Waals surface area contributed by atoms with Gasteiger partial charge in [0.15, 0.2) is 11.5 Å². The third-order valence-corrected chi connectivity index (χ3v) is 6.91. The molecule has 4 amide bonds. The Bertz CT molecular complexity index is 1630. The van der Waals surface area contributed by atoms with E-state index in [-0.39, 0.29) is 17.0 Å². The minimum absolute atomic E-state index is 0.0174. The Balaban J connectivity index is 1.46. The fourth-order valence-electron chi connectivity index (χ4n) is 4.30. The van der Waals surface area contributed by atoms with Crippen molar-refractivity contribution < 1.29 is 29.0 Å². The third kappa shape index (κ3) is 5.44. The van der Waals surface area contributed by atoms with Gasteiger partial charge in [0.2, 0.25) is 0 Å². The highest BCUT2D eigenvalue weighted by atomic mass is 127. The average molecular weight is 634 g/mol. The molecule has 4 aromatic rings. The first kappa shape index (κ1) is 26.2. The number of anilines is 1. The highest BCUT2D eigenvalue weighted by Crippen LogP contribution is 2.36. The highest BCUT2D eigenvalue weighted by Gasteiger charge is 2.36. The van der Waals surface area contributed by atoms with Crippen LogP contribution in [-0.4, -0.2) is 29.6 Å². The van der Waals surface area contributed by atoms with Gasteiger partial charge in [0, 0.05) is 0 Å². The van der Waals surface area contributed by atoms with Crippen LogP contribution in [0.4, 0.5) is 10.5 Å². The first-order chi connectivity index (χ1) is 18.9. The number of fused-ring (bicyclic) bond motifs is 1. The van der Waals surface area contributed by atoms with Gasteiger partial charge in [-0.05, 0) is 93.9 Å². The Hall–Kier alpha value is -4.38. The normalized spacial score (nSPS) is 14.6. The van der Waals surface area contributed by atoms with Gasteiger partial charge < -0.3 is 14.6 Å². The van der Waals surface area contributed by atoms with Crippen LogP contribution in [0.1, 0.15) is 18.1 Å². The van der Waals surface area contributed by atoms with Crippen LogP contribution in [0, 0.1) is 3.57 Å². The van der Waals surface area contributed by atoms with Gasteiger partial charge >= 0.3 is 6.03 Å². The number of carbonyl (C=O) groups excluding carboxylic acids is 3. The average Bonchev–Trinajstić information content (AvgIpc) is 2.92. The predicted molar refractivity (Wildman–Crippen MR) is 156 cm³/mol. The number of imide groups is 2. The molecule has 1 heterocycles. The largest absolute Gasteiger partial charge is 0.508 e. The molecule has 39 heavy (non-hydrogen) atoms. The lowest BCUT2D eigenvalue weighted by Crippen LogP contribution is -2.54. The fraction of sp³-hybridized carbons (Fsp3) is 0.100. The lowest BCUT2D eigenvalue weighted by Gasteiger charge is -2.26. The molecular formula is C30H23IN2O6. The standard InChI is InChI=1S/C30H23IN2O6/c1-2-38-26-16-18(14-24-28(35)32-30(37)33(29(24)36)21-10-12-22(34)13-11-21)15-25(31)27(26)39-17-20-8-5-7-19-6-3-4-9-23(19)20/h3-16,34H,2,17H2,1H3,(H,32,35,37)/b24-14+. The number of amides is 4. The van der Waals surface area contributed by atoms with Gasteiger partial charge in [0.25, 0.3) is 11.8 Å². The molecule has 8 nitrogen and oxygen atoms in total. The van der Waals surface area contributed by atoms with Gasteiger partial charge in [-0.3, -0.25) is 14.9 Å².